The van der Waals surface area contributed by atoms with Crippen molar-refractivity contribution in [1.82, 2.24) is 15.1 Å². The molecule has 0 aromatic heterocycles. The normalized spacial score (nSPS) is 24.6. The first-order valence-electron chi connectivity index (χ1n) is 7.54. The van der Waals surface area contributed by atoms with Crippen LogP contribution in [0.25, 0.3) is 0 Å². The molecule has 1 fully saturated rings. The maximum absolute atomic E-state index is 3.42. The van der Waals surface area contributed by atoms with Crippen molar-refractivity contribution in [2.75, 3.05) is 26.2 Å². The number of hydrogen-bond donors (Lipinski definition) is 1. The van der Waals surface area contributed by atoms with Gasteiger partial charge in [-0.05, 0) is 30.2 Å². The van der Waals surface area contributed by atoms with E-state index in [1.807, 2.05) is 0 Å². The number of likely N-dealkylation sites (N-methyl/N-ethyl adjacent to an activating group) is 1. The van der Waals surface area contributed by atoms with Gasteiger partial charge >= 0.3 is 0 Å². The number of piperazine rings is 1. The van der Waals surface area contributed by atoms with Gasteiger partial charge in [0.15, 0.2) is 0 Å². The van der Waals surface area contributed by atoms with Gasteiger partial charge in [0.2, 0.25) is 0 Å². The summed E-state index contributed by atoms with van der Waals surface area (Å²) < 4.78 is 0. The minimum absolute atomic E-state index is 0.690. The highest BCUT2D eigenvalue weighted by Crippen LogP contribution is 2.19. The fraction of sp³-hybridized carbons (Fsp3) is 0.625. The number of benzene rings is 1. The van der Waals surface area contributed by atoms with Crippen LogP contribution in [0.2, 0.25) is 0 Å². The van der Waals surface area contributed by atoms with Gasteiger partial charge in [0.1, 0.15) is 0 Å². The van der Waals surface area contributed by atoms with Gasteiger partial charge in [-0.3, -0.25) is 9.80 Å². The molecule has 3 heteroatoms. The van der Waals surface area contributed by atoms with Crippen LogP contribution in [0, 0.1) is 0 Å². The highest BCUT2D eigenvalue weighted by molar-refractivity contribution is 5.34. The zero-order valence-electron chi connectivity index (χ0n) is 12.2. The fourth-order valence-electron chi connectivity index (χ4n) is 3.39. The second-order valence-electron chi connectivity index (χ2n) is 5.92. The molecule has 1 aromatic carbocycles. The van der Waals surface area contributed by atoms with E-state index in [4.69, 9.17) is 0 Å². The van der Waals surface area contributed by atoms with E-state index in [9.17, 15) is 0 Å². The maximum Gasteiger partial charge on any atom is 0.0235 e. The van der Waals surface area contributed by atoms with Crippen LogP contribution in [-0.4, -0.2) is 42.0 Å². The molecule has 19 heavy (non-hydrogen) atoms. The maximum atomic E-state index is 3.42. The van der Waals surface area contributed by atoms with E-state index in [-0.39, 0.29) is 0 Å². The van der Waals surface area contributed by atoms with Gasteiger partial charge in [-0.15, -0.1) is 0 Å². The van der Waals surface area contributed by atoms with Crippen LogP contribution >= 0.6 is 0 Å². The Kier molecular flexibility index (Phi) is 3.87. The minimum atomic E-state index is 0.690. The van der Waals surface area contributed by atoms with Crippen molar-refractivity contribution in [1.29, 1.82) is 0 Å². The molecule has 0 radical (unpaired) electrons. The average Bonchev–Trinajstić information content (AvgIpc) is 2.86. The summed E-state index contributed by atoms with van der Waals surface area (Å²) in [5, 5.41) is 3.42. The van der Waals surface area contributed by atoms with Crippen molar-refractivity contribution in [2.24, 2.45) is 0 Å². The van der Waals surface area contributed by atoms with Crippen LogP contribution in [0.1, 0.15) is 30.5 Å². The highest BCUT2D eigenvalue weighted by Gasteiger charge is 2.22. The van der Waals surface area contributed by atoms with Crippen molar-refractivity contribution < 1.29 is 0 Å². The smallest absolute Gasteiger partial charge is 0.0235 e. The zero-order valence-corrected chi connectivity index (χ0v) is 12.2. The Morgan fingerprint density at radius 2 is 2.05 bits per heavy atom. The zero-order chi connectivity index (χ0) is 13.2. The minimum Gasteiger partial charge on any atom is -0.309 e. The van der Waals surface area contributed by atoms with Crippen molar-refractivity contribution in [3.8, 4) is 0 Å². The molecule has 1 atom stereocenters. The largest absolute Gasteiger partial charge is 0.309 e. The molecule has 2 heterocycles. The van der Waals surface area contributed by atoms with Gasteiger partial charge in [0, 0.05) is 45.3 Å². The number of nitrogens with zero attached hydrogens (tertiary/aromatic N) is 2. The van der Waals surface area contributed by atoms with Gasteiger partial charge in [0.05, 0.1) is 0 Å². The first-order valence-corrected chi connectivity index (χ1v) is 7.54. The second-order valence-corrected chi connectivity index (χ2v) is 5.92. The molecule has 2 aliphatic heterocycles. The summed E-state index contributed by atoms with van der Waals surface area (Å²) in [6.45, 7) is 12.6. The van der Waals surface area contributed by atoms with Crippen molar-refractivity contribution in [3.05, 3.63) is 34.9 Å². The van der Waals surface area contributed by atoms with Crippen LogP contribution in [0.3, 0.4) is 0 Å². The molecule has 0 amide bonds. The molecule has 104 valence electrons. The Bertz CT molecular complexity index is 444. The summed E-state index contributed by atoms with van der Waals surface area (Å²) >= 11 is 0. The number of hydrogen-bond acceptors (Lipinski definition) is 3. The van der Waals surface area contributed by atoms with E-state index in [0.29, 0.717) is 6.04 Å². The lowest BCUT2D eigenvalue weighted by Gasteiger charge is -2.39. The molecule has 1 aromatic rings. The molecule has 1 unspecified atom stereocenters. The third-order valence-corrected chi connectivity index (χ3v) is 4.56. The van der Waals surface area contributed by atoms with Crippen LogP contribution in [0.5, 0.6) is 0 Å². The molecule has 0 bridgehead atoms. The second kappa shape index (κ2) is 5.61. The van der Waals surface area contributed by atoms with Gasteiger partial charge in [-0.2, -0.15) is 0 Å². The van der Waals surface area contributed by atoms with E-state index < -0.39 is 0 Å². The Balaban J connectivity index is 1.63. The van der Waals surface area contributed by atoms with Crippen LogP contribution in [0.4, 0.5) is 0 Å². The summed E-state index contributed by atoms with van der Waals surface area (Å²) in [7, 11) is 0. The quantitative estimate of drug-likeness (QED) is 0.893. The average molecular weight is 259 g/mol. The van der Waals surface area contributed by atoms with Crippen LogP contribution in [-0.2, 0) is 19.6 Å². The number of nitrogens with one attached hydrogen (secondary N) is 1. The SMILES string of the molecule is CCN1CCN(Cc2ccc3c(c2)CNC3)CC1C. The molecule has 3 nitrogen and oxygen atoms in total. The summed E-state index contributed by atoms with van der Waals surface area (Å²) in [4.78, 5) is 5.17. The Morgan fingerprint density at radius 1 is 1.21 bits per heavy atom. The Labute approximate surface area is 116 Å². The lowest BCUT2D eigenvalue weighted by atomic mass is 10.1. The molecule has 1 saturated heterocycles. The molecular weight excluding hydrogens is 234 g/mol. The lowest BCUT2D eigenvalue weighted by molar-refractivity contribution is 0.0834. The summed E-state index contributed by atoms with van der Waals surface area (Å²) in [5.41, 5.74) is 4.45. The molecule has 1 N–H and O–H groups in total. The van der Waals surface area contributed by atoms with Gasteiger partial charge < -0.3 is 5.32 Å². The molecule has 0 saturated carbocycles. The topological polar surface area (TPSA) is 18.5 Å². The monoisotopic (exact) mass is 259 g/mol. The number of rotatable bonds is 3. The van der Waals surface area contributed by atoms with E-state index >= 15 is 0 Å². The van der Waals surface area contributed by atoms with Crippen LogP contribution < -0.4 is 5.32 Å². The fourth-order valence-corrected chi connectivity index (χ4v) is 3.39. The van der Waals surface area contributed by atoms with Crippen LogP contribution in [0.15, 0.2) is 18.2 Å². The lowest BCUT2D eigenvalue weighted by Crippen LogP contribution is -2.51. The highest BCUT2D eigenvalue weighted by atomic mass is 15.3. The summed E-state index contributed by atoms with van der Waals surface area (Å²) in [5.74, 6) is 0. The Morgan fingerprint density at radius 3 is 2.84 bits per heavy atom. The molecular formula is C16H25N3. The first kappa shape index (κ1) is 13.1. The van der Waals surface area contributed by atoms with E-state index in [2.05, 4.69) is 47.2 Å². The molecule has 0 aliphatic carbocycles. The molecule has 0 spiro atoms. The Hall–Kier alpha value is -0.900. The summed E-state index contributed by atoms with van der Waals surface area (Å²) in [6.07, 6.45) is 0. The number of fused-ring (bicyclic) bond motifs is 1. The standard InChI is InChI=1S/C16H25N3/c1-3-19-7-6-18(11-13(19)2)12-14-4-5-15-9-17-10-16(15)8-14/h4-5,8,13,17H,3,6-7,9-12H2,1-2H3. The van der Waals surface area contributed by atoms with E-state index in [1.165, 1.54) is 42.9 Å². The van der Waals surface area contributed by atoms with Gasteiger partial charge in [-0.25, -0.2) is 0 Å². The van der Waals surface area contributed by atoms with E-state index in [0.717, 1.165) is 19.6 Å². The predicted molar refractivity (Wildman–Crippen MR) is 79.0 cm³/mol. The van der Waals surface area contributed by atoms with Crippen molar-refractivity contribution in [3.63, 3.8) is 0 Å². The van der Waals surface area contributed by atoms with Gasteiger partial charge in [-0.1, -0.05) is 25.1 Å². The molecule has 3 rings (SSSR count). The predicted octanol–water partition coefficient (Wildman–Crippen LogP) is 1.82. The third kappa shape index (κ3) is 2.83. The molecule has 2 aliphatic rings. The van der Waals surface area contributed by atoms with Crippen molar-refractivity contribution in [2.45, 2.75) is 39.5 Å². The first-order chi connectivity index (χ1) is 9.26. The van der Waals surface area contributed by atoms with Crippen molar-refractivity contribution >= 4 is 0 Å². The van der Waals surface area contributed by atoms with Gasteiger partial charge in [0.25, 0.3) is 0 Å². The third-order valence-electron chi connectivity index (χ3n) is 4.56. The van der Waals surface area contributed by atoms with E-state index in [1.54, 1.807) is 0 Å². The summed E-state index contributed by atoms with van der Waals surface area (Å²) in [6, 6.07) is 7.69.